The molecular weight excluding hydrogens is 364 g/mol. The van der Waals surface area contributed by atoms with E-state index >= 15 is 0 Å². The number of nitrogens with one attached hydrogen (secondary N) is 1. The lowest BCUT2D eigenvalue weighted by atomic mass is 10.0. The minimum atomic E-state index is -3.64. The molecule has 27 heavy (non-hydrogen) atoms. The van der Waals surface area contributed by atoms with E-state index in [0.717, 1.165) is 16.1 Å². The van der Waals surface area contributed by atoms with Gasteiger partial charge in [0.2, 0.25) is 15.9 Å². The van der Waals surface area contributed by atoms with Gasteiger partial charge < -0.3 is 10.1 Å². The molecular formula is C20H26N2O4S. The molecule has 0 radical (unpaired) electrons. The lowest BCUT2D eigenvalue weighted by molar-refractivity contribution is -0.121. The molecule has 0 aliphatic carbocycles. The molecule has 0 aromatic heterocycles. The second-order valence-corrected chi connectivity index (χ2v) is 8.35. The maximum atomic E-state index is 12.6. The third-order valence-corrected chi connectivity index (χ3v) is 5.61. The van der Waals surface area contributed by atoms with Gasteiger partial charge in [-0.25, -0.2) is 8.42 Å². The van der Waals surface area contributed by atoms with Crippen molar-refractivity contribution in [1.29, 1.82) is 0 Å². The van der Waals surface area contributed by atoms with E-state index in [1.165, 1.54) is 7.11 Å². The van der Waals surface area contributed by atoms with Gasteiger partial charge in [0.05, 0.1) is 19.1 Å². The van der Waals surface area contributed by atoms with E-state index in [0.29, 0.717) is 18.0 Å². The number of benzene rings is 2. The van der Waals surface area contributed by atoms with E-state index in [1.54, 1.807) is 31.2 Å². The predicted octanol–water partition coefficient (Wildman–Crippen LogP) is 2.77. The van der Waals surface area contributed by atoms with Crippen LogP contribution < -0.4 is 14.4 Å². The molecule has 0 fully saturated rings. The minimum absolute atomic E-state index is 0.120. The van der Waals surface area contributed by atoms with Crippen LogP contribution in [0, 0.1) is 0 Å². The van der Waals surface area contributed by atoms with E-state index in [2.05, 4.69) is 5.32 Å². The highest BCUT2D eigenvalue weighted by Gasteiger charge is 2.29. The molecule has 146 valence electrons. The molecule has 6 nitrogen and oxygen atoms in total. The van der Waals surface area contributed by atoms with Crippen molar-refractivity contribution in [3.8, 4) is 5.75 Å². The van der Waals surface area contributed by atoms with Gasteiger partial charge in [0.1, 0.15) is 11.8 Å². The molecule has 2 rings (SSSR count). The number of carbonyl (C=O) groups excluding carboxylic acids is 1. The summed E-state index contributed by atoms with van der Waals surface area (Å²) in [6.07, 6.45) is 1.09. The van der Waals surface area contributed by atoms with Gasteiger partial charge in [-0.15, -0.1) is 0 Å². The lowest BCUT2D eigenvalue weighted by Crippen LogP contribution is -2.48. The molecule has 0 saturated carbocycles. The van der Waals surface area contributed by atoms with Gasteiger partial charge in [0, 0.05) is 6.54 Å². The number of ether oxygens (including phenoxy) is 1. The van der Waals surface area contributed by atoms with Crippen molar-refractivity contribution in [3.63, 3.8) is 0 Å². The van der Waals surface area contributed by atoms with Crippen LogP contribution in [0.1, 0.15) is 25.3 Å². The average Bonchev–Trinajstić information content (AvgIpc) is 2.66. The third-order valence-electron chi connectivity index (χ3n) is 4.37. The summed E-state index contributed by atoms with van der Waals surface area (Å²) in [6, 6.07) is 15.5. The zero-order valence-corrected chi connectivity index (χ0v) is 16.9. The van der Waals surface area contributed by atoms with Crippen LogP contribution in [0.3, 0.4) is 0 Å². The first-order valence-corrected chi connectivity index (χ1v) is 10.5. The summed E-state index contributed by atoms with van der Waals surface area (Å²) in [4.78, 5) is 12.6. The van der Waals surface area contributed by atoms with Crippen LogP contribution in [-0.4, -0.2) is 40.3 Å². The Balaban J connectivity index is 2.12. The number of rotatable bonds is 8. The smallest absolute Gasteiger partial charge is 0.243 e. The fraction of sp³-hybridized carbons (Fsp3) is 0.350. The van der Waals surface area contributed by atoms with Crippen molar-refractivity contribution >= 4 is 21.6 Å². The molecule has 7 heteroatoms. The summed E-state index contributed by atoms with van der Waals surface area (Å²) in [6.45, 7) is 4.01. The standard InChI is InChI=1S/C20H26N2O4S/c1-15(17-8-6-5-7-9-17)14-21-20(23)16(2)22(27(4,24)25)18-10-12-19(26-3)13-11-18/h5-13,15-16H,14H2,1-4H3,(H,21,23)/t15-,16+/m1/s1. The monoisotopic (exact) mass is 390 g/mol. The van der Waals surface area contributed by atoms with Crippen molar-refractivity contribution in [2.24, 2.45) is 0 Å². The zero-order valence-electron chi connectivity index (χ0n) is 16.0. The summed E-state index contributed by atoms with van der Waals surface area (Å²) in [5, 5.41) is 2.86. The molecule has 0 aliphatic rings. The van der Waals surface area contributed by atoms with E-state index in [9.17, 15) is 13.2 Å². The topological polar surface area (TPSA) is 75.7 Å². The molecule has 0 unspecified atom stereocenters. The molecule has 0 heterocycles. The van der Waals surface area contributed by atoms with Crippen molar-refractivity contribution < 1.29 is 17.9 Å². The Kier molecular flexibility index (Phi) is 6.85. The zero-order chi connectivity index (χ0) is 20.0. The van der Waals surface area contributed by atoms with Crippen molar-refractivity contribution in [2.45, 2.75) is 25.8 Å². The van der Waals surface area contributed by atoms with Gasteiger partial charge in [-0.1, -0.05) is 37.3 Å². The molecule has 0 aliphatic heterocycles. The maximum absolute atomic E-state index is 12.6. The van der Waals surface area contributed by atoms with E-state index in [1.807, 2.05) is 37.3 Å². The highest BCUT2D eigenvalue weighted by atomic mass is 32.2. The summed E-state index contributed by atoms with van der Waals surface area (Å²) >= 11 is 0. The minimum Gasteiger partial charge on any atom is -0.497 e. The molecule has 2 aromatic rings. The molecule has 1 amide bonds. The summed E-state index contributed by atoms with van der Waals surface area (Å²) in [7, 11) is -2.11. The van der Waals surface area contributed by atoms with Crippen LogP contribution in [0.25, 0.3) is 0 Å². The molecule has 0 bridgehead atoms. The molecule has 2 atom stereocenters. The molecule has 0 saturated heterocycles. The SMILES string of the molecule is COc1ccc(N([C@@H](C)C(=O)NC[C@@H](C)c2ccccc2)S(C)(=O)=O)cc1. The largest absolute Gasteiger partial charge is 0.497 e. The van der Waals surface area contributed by atoms with Crippen LogP contribution in [0.4, 0.5) is 5.69 Å². The molecule has 2 aromatic carbocycles. The van der Waals surface area contributed by atoms with Crippen LogP contribution >= 0.6 is 0 Å². The number of anilines is 1. The van der Waals surface area contributed by atoms with E-state index in [4.69, 9.17) is 4.74 Å². The second-order valence-electron chi connectivity index (χ2n) is 6.49. The Hall–Kier alpha value is -2.54. The Morgan fingerprint density at radius 2 is 1.67 bits per heavy atom. The Morgan fingerprint density at radius 1 is 1.07 bits per heavy atom. The van der Waals surface area contributed by atoms with E-state index < -0.39 is 16.1 Å². The number of hydrogen-bond acceptors (Lipinski definition) is 4. The Morgan fingerprint density at radius 3 is 2.19 bits per heavy atom. The lowest BCUT2D eigenvalue weighted by Gasteiger charge is -2.28. The number of amides is 1. The number of hydrogen-bond donors (Lipinski definition) is 1. The first-order valence-electron chi connectivity index (χ1n) is 8.70. The third kappa shape index (κ3) is 5.47. The normalized spacial score (nSPS) is 13.5. The Bertz CT molecular complexity index is 851. The van der Waals surface area contributed by atoms with Gasteiger partial charge in [0.15, 0.2) is 0 Å². The highest BCUT2D eigenvalue weighted by molar-refractivity contribution is 7.92. The first-order chi connectivity index (χ1) is 12.7. The highest BCUT2D eigenvalue weighted by Crippen LogP contribution is 2.24. The van der Waals surface area contributed by atoms with E-state index in [-0.39, 0.29) is 11.8 Å². The van der Waals surface area contributed by atoms with Gasteiger partial charge >= 0.3 is 0 Å². The first kappa shape index (κ1) is 20.8. The van der Waals surface area contributed by atoms with Gasteiger partial charge in [-0.2, -0.15) is 0 Å². The van der Waals surface area contributed by atoms with Crippen LogP contribution in [0.2, 0.25) is 0 Å². The second kappa shape index (κ2) is 8.90. The van der Waals surface area contributed by atoms with Crippen molar-refractivity contribution in [2.75, 3.05) is 24.2 Å². The molecule has 1 N–H and O–H groups in total. The Labute approximate surface area is 161 Å². The molecule has 0 spiro atoms. The van der Waals surface area contributed by atoms with Crippen LogP contribution in [-0.2, 0) is 14.8 Å². The summed E-state index contributed by atoms with van der Waals surface area (Å²) in [5.74, 6) is 0.384. The fourth-order valence-corrected chi connectivity index (χ4v) is 4.01. The maximum Gasteiger partial charge on any atom is 0.243 e. The van der Waals surface area contributed by atoms with Gasteiger partial charge in [-0.3, -0.25) is 9.10 Å². The van der Waals surface area contributed by atoms with Crippen molar-refractivity contribution in [3.05, 3.63) is 60.2 Å². The van der Waals surface area contributed by atoms with Gasteiger partial charge in [0.25, 0.3) is 0 Å². The van der Waals surface area contributed by atoms with Crippen molar-refractivity contribution in [1.82, 2.24) is 5.32 Å². The van der Waals surface area contributed by atoms with Gasteiger partial charge in [-0.05, 0) is 42.7 Å². The van der Waals surface area contributed by atoms with Crippen LogP contribution in [0.15, 0.2) is 54.6 Å². The van der Waals surface area contributed by atoms with Crippen LogP contribution in [0.5, 0.6) is 5.75 Å². The summed E-state index contributed by atoms with van der Waals surface area (Å²) < 4.78 is 30.8. The summed E-state index contributed by atoms with van der Waals surface area (Å²) in [5.41, 5.74) is 1.53. The number of methoxy groups -OCH3 is 1. The number of sulfonamides is 1. The quantitative estimate of drug-likeness (QED) is 0.752. The number of nitrogens with zero attached hydrogens (tertiary/aromatic N) is 1. The fourth-order valence-electron chi connectivity index (χ4n) is 2.84. The average molecular weight is 391 g/mol. The predicted molar refractivity (Wildman–Crippen MR) is 108 cm³/mol. The number of carbonyl (C=O) groups is 1.